The van der Waals surface area contributed by atoms with E-state index in [1.165, 1.54) is 33.9 Å². The molecule has 4 fully saturated rings. The number of ether oxygens (including phenoxy) is 2. The van der Waals surface area contributed by atoms with E-state index in [-0.39, 0.29) is 101 Å². The van der Waals surface area contributed by atoms with Gasteiger partial charge >= 0.3 is 6.03 Å². The number of amides is 4. The summed E-state index contributed by atoms with van der Waals surface area (Å²) in [5.74, 6) is -4.64. The van der Waals surface area contributed by atoms with Gasteiger partial charge in [0.2, 0.25) is 11.8 Å². The minimum atomic E-state index is -1.57. The number of fused-ring (bicyclic) bond motifs is 2. The number of nitrogens with two attached hydrogens (primary N) is 1. The van der Waals surface area contributed by atoms with Gasteiger partial charge in [0.15, 0.2) is 28.8 Å². The summed E-state index contributed by atoms with van der Waals surface area (Å²) in [7, 11) is 1.56. The number of hydrogen-bond acceptors (Lipinski definition) is 11. The zero-order chi connectivity index (χ0) is 53.7. The van der Waals surface area contributed by atoms with E-state index in [1.54, 1.807) is 14.0 Å². The van der Waals surface area contributed by atoms with Crippen LogP contribution in [0.3, 0.4) is 0 Å². The van der Waals surface area contributed by atoms with Crippen LogP contribution in [0.25, 0.3) is 10.9 Å². The first-order valence-electron chi connectivity index (χ1n) is 26.7. The fourth-order valence-corrected chi connectivity index (χ4v) is 13.2. The standard InChI is InChI=1S/C57H68F4N8O7/c1-31-41(58)29-44-47(46(31)49-39(53(62)72)14-15-43(50(49)60)75-27-26-70)32(2)57(76-44,37-8-6-5-7-9-37)30-63-38-12-10-36(11-13-38)55(73)68-23-16-34(17-24-68)33(3)67-21-18-35(19-22-67)48-42(59)28-40-52(51(48)61)66(4)65-54(40)69-25-20-45(71)64-56(69)74/h5-9,12,14-15,28-29,32-36,46-47,53,63,70,72H,10-11,13,16-27,30,62H2,1-4H3,(H,64,71,74)/t32-,33+,36+,46?,47?,53?,57-/m0/s1. The number of rotatable bonds is 14. The first kappa shape index (κ1) is 53.1. The molecule has 2 aliphatic carbocycles. The zero-order valence-corrected chi connectivity index (χ0v) is 43.5. The summed E-state index contributed by atoms with van der Waals surface area (Å²) >= 11 is 0. The number of benzene rings is 3. The molecule has 76 heavy (non-hydrogen) atoms. The third-order valence-electron chi connectivity index (χ3n) is 17.5. The summed E-state index contributed by atoms with van der Waals surface area (Å²) < 4.78 is 78.7. The summed E-state index contributed by atoms with van der Waals surface area (Å²) in [5, 5.41) is 30.6. The Labute approximate surface area is 439 Å². The number of nitrogens with one attached hydrogen (secondary N) is 2. The molecule has 0 bridgehead atoms. The normalized spacial score (nSPS) is 25.7. The quantitative estimate of drug-likeness (QED) is 0.0610. The monoisotopic (exact) mass is 1050 g/mol. The van der Waals surface area contributed by atoms with E-state index in [4.69, 9.17) is 15.2 Å². The number of carbonyl (C=O) groups excluding carboxylic acids is 3. The number of aromatic nitrogens is 2. The summed E-state index contributed by atoms with van der Waals surface area (Å²) in [5.41, 5.74) is 7.33. The van der Waals surface area contributed by atoms with Gasteiger partial charge in [-0.2, -0.15) is 5.10 Å². The highest BCUT2D eigenvalue weighted by molar-refractivity contribution is 6.09. The Balaban J connectivity index is 0.755. The maximum absolute atomic E-state index is 16.6. The van der Waals surface area contributed by atoms with Crippen molar-refractivity contribution in [3.63, 3.8) is 0 Å². The van der Waals surface area contributed by atoms with E-state index >= 15 is 17.6 Å². The van der Waals surface area contributed by atoms with E-state index in [9.17, 15) is 24.6 Å². The zero-order valence-electron chi connectivity index (χ0n) is 43.5. The highest BCUT2D eigenvalue weighted by Gasteiger charge is 2.57. The second-order valence-corrected chi connectivity index (χ2v) is 21.6. The maximum atomic E-state index is 16.6. The number of aliphatic hydroxyl groups excluding tert-OH is 2. The molecular formula is C57H68F4N8O7. The number of anilines is 1. The number of hydrogen-bond donors (Lipinski definition) is 5. The average Bonchev–Trinajstić information content (AvgIpc) is 3.91. The summed E-state index contributed by atoms with van der Waals surface area (Å²) in [4.78, 5) is 44.0. The second kappa shape index (κ2) is 21.6. The molecule has 19 heteroatoms. The lowest BCUT2D eigenvalue weighted by Crippen LogP contribution is -2.49. The van der Waals surface area contributed by atoms with Crippen LogP contribution in [-0.4, -0.2) is 106 Å². The van der Waals surface area contributed by atoms with Crippen molar-refractivity contribution in [2.24, 2.45) is 36.5 Å². The van der Waals surface area contributed by atoms with Crippen LogP contribution in [-0.2, 0) is 27.0 Å². The number of likely N-dealkylation sites (tertiary alicyclic amines) is 2. The predicted octanol–water partition coefficient (Wildman–Crippen LogP) is 7.94. The lowest BCUT2D eigenvalue weighted by Gasteiger charge is -2.43. The number of aryl methyl sites for hydroxylation is 1. The van der Waals surface area contributed by atoms with Crippen LogP contribution in [0.2, 0.25) is 0 Å². The first-order valence-corrected chi connectivity index (χ1v) is 26.7. The molecule has 3 aromatic carbocycles. The Kier molecular flexibility index (Phi) is 15.1. The first-order chi connectivity index (χ1) is 36.5. The van der Waals surface area contributed by atoms with Crippen molar-refractivity contribution in [3.8, 4) is 5.75 Å². The number of allylic oxidation sites excluding steroid dienone is 6. The maximum Gasteiger partial charge on any atom is 0.329 e. The number of halogens is 4. The van der Waals surface area contributed by atoms with Crippen LogP contribution in [0.5, 0.6) is 5.75 Å². The average molecular weight is 1050 g/mol. The van der Waals surface area contributed by atoms with E-state index < -0.39 is 58.9 Å². The number of aliphatic hydroxyl groups is 2. The second-order valence-electron chi connectivity index (χ2n) is 21.6. The van der Waals surface area contributed by atoms with Gasteiger partial charge in [-0.05, 0) is 107 Å². The minimum Gasteiger partial charge on any atom is -0.488 e. The molecule has 406 valence electrons. The topological polar surface area (TPSA) is 188 Å². The van der Waals surface area contributed by atoms with Gasteiger partial charge in [0.25, 0.3) is 0 Å². The van der Waals surface area contributed by atoms with Gasteiger partial charge in [-0.3, -0.25) is 24.5 Å². The van der Waals surface area contributed by atoms with Crippen molar-refractivity contribution >= 4 is 34.6 Å². The van der Waals surface area contributed by atoms with Crippen LogP contribution < -0.4 is 26.0 Å². The molecule has 6 N–H and O–H groups in total. The third-order valence-corrected chi connectivity index (χ3v) is 17.5. The summed E-state index contributed by atoms with van der Waals surface area (Å²) in [6, 6.07) is 13.3. The lowest BCUT2D eigenvalue weighted by atomic mass is 9.66. The van der Waals surface area contributed by atoms with Crippen molar-refractivity contribution in [2.75, 3.05) is 57.4 Å². The van der Waals surface area contributed by atoms with Crippen molar-refractivity contribution < 1.29 is 51.6 Å². The van der Waals surface area contributed by atoms with Crippen LogP contribution in [0.15, 0.2) is 83.5 Å². The summed E-state index contributed by atoms with van der Waals surface area (Å²) in [6.45, 7) is 8.36. The molecule has 4 aliphatic heterocycles. The molecule has 5 heterocycles. The van der Waals surface area contributed by atoms with E-state index in [0.29, 0.717) is 76.5 Å². The van der Waals surface area contributed by atoms with Gasteiger partial charge in [-0.25, -0.2) is 22.4 Å². The Morgan fingerprint density at radius 2 is 1.72 bits per heavy atom. The molecule has 4 amide bonds. The number of carbonyl (C=O) groups is 3. The van der Waals surface area contributed by atoms with Gasteiger partial charge in [0.1, 0.15) is 35.8 Å². The smallest absolute Gasteiger partial charge is 0.329 e. The Hall–Kier alpha value is -6.28. The Morgan fingerprint density at radius 3 is 2.39 bits per heavy atom. The van der Waals surface area contributed by atoms with Gasteiger partial charge in [-0.1, -0.05) is 49.4 Å². The fraction of sp³-hybridized carbons (Fsp3) is 0.509. The third kappa shape index (κ3) is 9.65. The van der Waals surface area contributed by atoms with Crippen molar-refractivity contribution in [1.29, 1.82) is 0 Å². The molecular weight excluding hydrogens is 985 g/mol. The molecule has 10 rings (SSSR count). The molecule has 3 unspecified atom stereocenters. The predicted molar refractivity (Wildman–Crippen MR) is 276 cm³/mol. The fourth-order valence-electron chi connectivity index (χ4n) is 13.2. The van der Waals surface area contributed by atoms with Crippen LogP contribution in [0, 0.1) is 41.1 Å². The Morgan fingerprint density at radius 1 is 0.987 bits per heavy atom. The molecule has 7 atom stereocenters. The van der Waals surface area contributed by atoms with Gasteiger partial charge in [0, 0.05) is 91.3 Å². The highest BCUT2D eigenvalue weighted by atomic mass is 19.1. The van der Waals surface area contributed by atoms with E-state index in [2.05, 4.69) is 33.6 Å². The van der Waals surface area contributed by atoms with E-state index in [1.807, 2.05) is 42.2 Å². The van der Waals surface area contributed by atoms with Crippen molar-refractivity contribution in [3.05, 3.63) is 123 Å². The highest BCUT2D eigenvalue weighted by Crippen LogP contribution is 2.59. The number of urea groups is 1. The van der Waals surface area contributed by atoms with Crippen molar-refractivity contribution in [1.82, 2.24) is 30.2 Å². The molecule has 15 nitrogen and oxygen atoms in total. The lowest BCUT2D eigenvalue weighted by molar-refractivity contribution is -0.137. The van der Waals surface area contributed by atoms with Crippen LogP contribution in [0.4, 0.5) is 28.2 Å². The minimum absolute atomic E-state index is 0.0150. The molecule has 4 aromatic rings. The molecule has 0 saturated carbocycles. The van der Waals surface area contributed by atoms with Crippen LogP contribution >= 0.6 is 0 Å². The van der Waals surface area contributed by atoms with Gasteiger partial charge < -0.3 is 40.5 Å². The molecule has 6 aliphatic rings. The number of piperidine rings is 2. The summed E-state index contributed by atoms with van der Waals surface area (Å²) in [6.07, 6.45) is 6.69. The van der Waals surface area contributed by atoms with E-state index in [0.717, 1.165) is 24.1 Å². The molecule has 1 aromatic heterocycles. The number of nitrogens with zero attached hydrogens (tertiary/aromatic N) is 5. The largest absolute Gasteiger partial charge is 0.488 e. The molecule has 0 spiro atoms. The van der Waals surface area contributed by atoms with Gasteiger partial charge in [-0.15, -0.1) is 0 Å². The molecule has 0 radical (unpaired) electrons. The van der Waals surface area contributed by atoms with Crippen molar-refractivity contribution in [2.45, 2.75) is 102 Å². The number of imide groups is 1. The Bertz CT molecular complexity index is 2990. The van der Waals surface area contributed by atoms with Crippen LogP contribution in [0.1, 0.15) is 112 Å². The molecule has 4 saturated heterocycles. The SMILES string of the molecule is CC1=C(F)C=C2O[C@](CNC3=CC[C@@H](C(=O)N4CCC([C@@H](C)N5CCC(c6c(F)cc7c(N8CCC(=O)NC8=O)nn(C)c7c6F)CC5)CC4)CC3)(c3ccccc3)[C@@H](C)C2C1c1c(C(N)O)ccc(OCCO)c1F. The van der Waals surface area contributed by atoms with Gasteiger partial charge in [0.05, 0.1) is 18.5 Å².